The third-order valence-corrected chi connectivity index (χ3v) is 4.59. The largest absolute Gasteiger partial charge is 0.322 e. The molecule has 1 aliphatic rings. The first-order valence-electron chi connectivity index (χ1n) is 8.26. The van der Waals surface area contributed by atoms with Gasteiger partial charge >= 0.3 is 0 Å². The second-order valence-electron chi connectivity index (χ2n) is 6.14. The van der Waals surface area contributed by atoms with Gasteiger partial charge in [-0.05, 0) is 37.0 Å². The van der Waals surface area contributed by atoms with Gasteiger partial charge in [-0.1, -0.05) is 36.4 Å². The number of aromatic amines is 1. The number of benzene rings is 2. The van der Waals surface area contributed by atoms with Crippen LogP contribution in [0.2, 0.25) is 0 Å². The number of carbonyl (C=O) groups excluding carboxylic acids is 1. The maximum atomic E-state index is 13.3. The monoisotopic (exact) mass is 318 g/mol. The van der Waals surface area contributed by atoms with Gasteiger partial charge in [-0.15, -0.1) is 0 Å². The molecular weight excluding hydrogens is 300 g/mol. The van der Waals surface area contributed by atoms with E-state index in [0.29, 0.717) is 17.6 Å². The van der Waals surface area contributed by atoms with Crippen molar-refractivity contribution in [3.05, 3.63) is 76.1 Å². The van der Waals surface area contributed by atoms with Gasteiger partial charge < -0.3 is 9.88 Å². The van der Waals surface area contributed by atoms with E-state index in [1.807, 2.05) is 47.4 Å². The van der Waals surface area contributed by atoms with E-state index in [4.69, 9.17) is 0 Å². The third kappa shape index (κ3) is 2.50. The predicted molar refractivity (Wildman–Crippen MR) is 95.6 cm³/mol. The number of para-hydroxylation sites is 2. The molecule has 4 nitrogen and oxygen atoms in total. The van der Waals surface area contributed by atoms with Crippen LogP contribution in [-0.4, -0.2) is 17.4 Å². The molecule has 0 fully saturated rings. The van der Waals surface area contributed by atoms with Crippen molar-refractivity contribution in [3.63, 3.8) is 0 Å². The van der Waals surface area contributed by atoms with Crippen molar-refractivity contribution in [1.82, 2.24) is 4.98 Å². The number of rotatable bonds is 1. The number of fused-ring (bicyclic) bond motifs is 2. The summed E-state index contributed by atoms with van der Waals surface area (Å²) in [5, 5.41) is 0.781. The SMILES string of the molecule is O=C(c1cc(=O)[nH]c2ccccc12)N1CCCCc2ccccc21. The number of anilines is 1. The molecule has 1 amide bonds. The molecule has 1 aromatic heterocycles. The lowest BCUT2D eigenvalue weighted by Crippen LogP contribution is -2.32. The van der Waals surface area contributed by atoms with Gasteiger partial charge in [-0.25, -0.2) is 0 Å². The van der Waals surface area contributed by atoms with Crippen LogP contribution in [0.1, 0.15) is 28.8 Å². The summed E-state index contributed by atoms with van der Waals surface area (Å²) in [7, 11) is 0. The molecule has 0 radical (unpaired) electrons. The van der Waals surface area contributed by atoms with Crippen LogP contribution >= 0.6 is 0 Å². The molecule has 0 atom stereocenters. The average Bonchev–Trinajstić information content (AvgIpc) is 2.83. The Labute approximate surface area is 139 Å². The van der Waals surface area contributed by atoms with E-state index in [1.165, 1.54) is 11.6 Å². The first-order valence-corrected chi connectivity index (χ1v) is 8.26. The van der Waals surface area contributed by atoms with Crippen molar-refractivity contribution >= 4 is 22.5 Å². The molecule has 0 saturated carbocycles. The molecule has 3 aromatic rings. The Hall–Kier alpha value is -2.88. The number of hydrogen-bond acceptors (Lipinski definition) is 2. The van der Waals surface area contributed by atoms with E-state index in [2.05, 4.69) is 11.1 Å². The molecular formula is C20H18N2O2. The summed E-state index contributed by atoms with van der Waals surface area (Å²) in [4.78, 5) is 29.8. The van der Waals surface area contributed by atoms with Crippen LogP contribution in [0.3, 0.4) is 0 Å². The van der Waals surface area contributed by atoms with Gasteiger partial charge in [0, 0.05) is 29.2 Å². The number of hydrogen-bond donors (Lipinski definition) is 1. The van der Waals surface area contributed by atoms with Crippen LogP contribution in [0.5, 0.6) is 0 Å². The number of aryl methyl sites for hydroxylation is 1. The summed E-state index contributed by atoms with van der Waals surface area (Å²) >= 11 is 0. The van der Waals surface area contributed by atoms with E-state index in [1.54, 1.807) is 0 Å². The van der Waals surface area contributed by atoms with Crippen molar-refractivity contribution in [1.29, 1.82) is 0 Å². The fraction of sp³-hybridized carbons (Fsp3) is 0.200. The molecule has 0 saturated heterocycles. The molecule has 4 heteroatoms. The smallest absolute Gasteiger partial charge is 0.259 e. The van der Waals surface area contributed by atoms with Crippen molar-refractivity contribution in [3.8, 4) is 0 Å². The van der Waals surface area contributed by atoms with Crippen LogP contribution < -0.4 is 10.5 Å². The van der Waals surface area contributed by atoms with E-state index in [9.17, 15) is 9.59 Å². The van der Waals surface area contributed by atoms with Gasteiger partial charge in [0.2, 0.25) is 5.56 Å². The molecule has 1 aliphatic heterocycles. The third-order valence-electron chi connectivity index (χ3n) is 4.59. The van der Waals surface area contributed by atoms with Gasteiger partial charge in [0.25, 0.3) is 5.91 Å². The van der Waals surface area contributed by atoms with E-state index >= 15 is 0 Å². The van der Waals surface area contributed by atoms with Crippen molar-refractivity contribution in [2.75, 3.05) is 11.4 Å². The molecule has 1 N–H and O–H groups in total. The molecule has 0 bridgehead atoms. The van der Waals surface area contributed by atoms with Crippen molar-refractivity contribution < 1.29 is 4.79 Å². The van der Waals surface area contributed by atoms with Gasteiger partial charge in [0.05, 0.1) is 5.56 Å². The zero-order chi connectivity index (χ0) is 16.5. The highest BCUT2D eigenvalue weighted by Crippen LogP contribution is 2.28. The molecule has 4 rings (SSSR count). The molecule has 2 aromatic carbocycles. The molecule has 0 unspecified atom stereocenters. The van der Waals surface area contributed by atoms with Gasteiger partial charge in [0.15, 0.2) is 0 Å². The van der Waals surface area contributed by atoms with Gasteiger partial charge in [0.1, 0.15) is 0 Å². The zero-order valence-electron chi connectivity index (χ0n) is 13.3. The Morgan fingerprint density at radius 1 is 1.00 bits per heavy atom. The molecule has 0 aliphatic carbocycles. The fourth-order valence-electron chi connectivity index (χ4n) is 3.43. The lowest BCUT2D eigenvalue weighted by molar-refractivity contribution is 0.0988. The standard InChI is InChI=1S/C20H18N2O2/c23-19-13-16(15-9-2-3-10-17(15)21-19)20(24)22-12-6-5-8-14-7-1-4-11-18(14)22/h1-4,7,9-11,13H,5-6,8,12H2,(H,21,23). The Morgan fingerprint density at radius 3 is 2.71 bits per heavy atom. The summed E-state index contributed by atoms with van der Waals surface area (Å²) in [6.07, 6.45) is 3.01. The normalized spacial score (nSPS) is 14.2. The number of carbonyl (C=O) groups is 1. The summed E-state index contributed by atoms with van der Waals surface area (Å²) in [6.45, 7) is 0.678. The Kier molecular flexibility index (Phi) is 3.65. The number of aromatic nitrogens is 1. The Bertz CT molecular complexity index is 975. The molecule has 120 valence electrons. The molecule has 24 heavy (non-hydrogen) atoms. The highest BCUT2D eigenvalue weighted by atomic mass is 16.2. The summed E-state index contributed by atoms with van der Waals surface area (Å²) in [6, 6.07) is 16.9. The second kappa shape index (κ2) is 5.96. The maximum absolute atomic E-state index is 13.3. The Morgan fingerprint density at radius 2 is 1.79 bits per heavy atom. The van der Waals surface area contributed by atoms with Crippen LogP contribution in [0.4, 0.5) is 5.69 Å². The summed E-state index contributed by atoms with van der Waals surface area (Å²) in [5.41, 5.74) is 3.06. The minimum Gasteiger partial charge on any atom is -0.322 e. The maximum Gasteiger partial charge on any atom is 0.259 e. The average molecular weight is 318 g/mol. The van der Waals surface area contributed by atoms with Crippen LogP contribution in [0.15, 0.2) is 59.4 Å². The number of pyridine rings is 1. The minimum atomic E-state index is -0.250. The minimum absolute atomic E-state index is 0.105. The number of H-pyrrole nitrogens is 1. The fourth-order valence-corrected chi connectivity index (χ4v) is 3.43. The predicted octanol–water partition coefficient (Wildman–Crippen LogP) is 3.51. The van der Waals surface area contributed by atoms with Crippen molar-refractivity contribution in [2.45, 2.75) is 19.3 Å². The first kappa shape index (κ1) is 14.7. The van der Waals surface area contributed by atoms with Crippen LogP contribution in [-0.2, 0) is 6.42 Å². The lowest BCUT2D eigenvalue weighted by Gasteiger charge is -2.23. The topological polar surface area (TPSA) is 53.2 Å². The number of nitrogens with one attached hydrogen (secondary N) is 1. The Balaban J connectivity index is 1.87. The quantitative estimate of drug-likeness (QED) is 0.746. The zero-order valence-corrected chi connectivity index (χ0v) is 13.3. The van der Waals surface area contributed by atoms with Crippen LogP contribution in [0, 0.1) is 0 Å². The highest BCUT2D eigenvalue weighted by Gasteiger charge is 2.23. The molecule has 0 spiro atoms. The van der Waals surface area contributed by atoms with Gasteiger partial charge in [-0.2, -0.15) is 0 Å². The first-order chi connectivity index (χ1) is 11.7. The van der Waals surface area contributed by atoms with E-state index in [0.717, 1.165) is 30.3 Å². The highest BCUT2D eigenvalue weighted by molar-refractivity contribution is 6.13. The van der Waals surface area contributed by atoms with E-state index < -0.39 is 0 Å². The summed E-state index contributed by atoms with van der Waals surface area (Å²) in [5.74, 6) is -0.105. The van der Waals surface area contributed by atoms with Crippen molar-refractivity contribution in [2.24, 2.45) is 0 Å². The number of nitrogens with zero attached hydrogens (tertiary/aromatic N) is 1. The van der Waals surface area contributed by atoms with Gasteiger partial charge in [-0.3, -0.25) is 9.59 Å². The second-order valence-corrected chi connectivity index (χ2v) is 6.14. The van der Waals surface area contributed by atoms with E-state index in [-0.39, 0.29) is 11.5 Å². The number of amides is 1. The van der Waals surface area contributed by atoms with Crippen LogP contribution in [0.25, 0.3) is 10.9 Å². The molecule has 2 heterocycles. The lowest BCUT2D eigenvalue weighted by atomic mass is 10.1. The summed E-state index contributed by atoms with van der Waals surface area (Å²) < 4.78 is 0.